The molecule has 0 spiro atoms. The Labute approximate surface area is 175 Å². The number of aryl methyl sites for hydroxylation is 2. The number of nitrogens with one attached hydrogen (secondary N) is 2. The van der Waals surface area contributed by atoms with Crippen LogP contribution in [0.4, 0.5) is 5.69 Å². The van der Waals surface area contributed by atoms with Gasteiger partial charge in [-0.05, 0) is 74.6 Å². The van der Waals surface area contributed by atoms with Crippen LogP contribution in [0.15, 0.2) is 41.4 Å². The van der Waals surface area contributed by atoms with Crippen molar-refractivity contribution in [1.29, 1.82) is 10.5 Å². The Morgan fingerprint density at radius 3 is 2.73 bits per heavy atom. The van der Waals surface area contributed by atoms with E-state index in [1.165, 1.54) is 11.1 Å². The standard InChI is InChI=1S/C23H23N5O2/c1-23(2)21(29)20(18-10-14(12-24)6-9-19(18)30-23)28-22(26-13-25)27-17-8-7-15-4-3-5-16(15)11-17/h6-11,20-21,29H,3-5H2,1-2H3,(H2,26,27,28). The summed E-state index contributed by atoms with van der Waals surface area (Å²) in [5, 5.41) is 35.2. The molecule has 2 aromatic carbocycles. The van der Waals surface area contributed by atoms with Crippen molar-refractivity contribution in [2.75, 3.05) is 5.32 Å². The zero-order chi connectivity index (χ0) is 21.3. The molecule has 7 heteroatoms. The molecule has 0 fully saturated rings. The van der Waals surface area contributed by atoms with Gasteiger partial charge in [-0.15, -0.1) is 0 Å². The van der Waals surface area contributed by atoms with Crippen LogP contribution in [0.25, 0.3) is 0 Å². The van der Waals surface area contributed by atoms with Gasteiger partial charge in [-0.25, -0.2) is 4.99 Å². The molecule has 3 N–H and O–H groups in total. The van der Waals surface area contributed by atoms with Gasteiger partial charge in [-0.1, -0.05) is 6.07 Å². The van der Waals surface area contributed by atoms with E-state index in [9.17, 15) is 15.6 Å². The fourth-order valence-electron chi connectivity index (χ4n) is 4.05. The highest BCUT2D eigenvalue weighted by Crippen LogP contribution is 2.42. The van der Waals surface area contributed by atoms with Gasteiger partial charge in [0.25, 0.3) is 0 Å². The first-order valence-corrected chi connectivity index (χ1v) is 9.94. The van der Waals surface area contributed by atoms with Gasteiger partial charge >= 0.3 is 0 Å². The van der Waals surface area contributed by atoms with Crippen molar-refractivity contribution < 1.29 is 9.84 Å². The van der Waals surface area contributed by atoms with Gasteiger partial charge in [0.05, 0.1) is 11.6 Å². The first-order chi connectivity index (χ1) is 14.4. The molecule has 0 bridgehead atoms. The summed E-state index contributed by atoms with van der Waals surface area (Å²) in [6.45, 7) is 3.57. The van der Waals surface area contributed by atoms with E-state index >= 15 is 0 Å². The topological polar surface area (TPSA) is 113 Å². The Bertz CT molecular complexity index is 1090. The average Bonchev–Trinajstić information content (AvgIpc) is 3.19. The molecule has 2 atom stereocenters. The van der Waals surface area contributed by atoms with Crippen LogP contribution >= 0.6 is 0 Å². The summed E-state index contributed by atoms with van der Waals surface area (Å²) in [7, 11) is 0. The predicted octanol–water partition coefficient (Wildman–Crippen LogP) is 3.16. The first-order valence-electron chi connectivity index (χ1n) is 9.94. The Morgan fingerprint density at radius 2 is 1.97 bits per heavy atom. The van der Waals surface area contributed by atoms with Gasteiger partial charge in [0, 0.05) is 11.3 Å². The van der Waals surface area contributed by atoms with E-state index in [-0.39, 0.29) is 5.96 Å². The number of benzene rings is 2. The molecule has 152 valence electrons. The van der Waals surface area contributed by atoms with E-state index in [1.807, 2.05) is 12.3 Å². The van der Waals surface area contributed by atoms with Crippen molar-refractivity contribution in [3.05, 3.63) is 58.7 Å². The zero-order valence-corrected chi connectivity index (χ0v) is 16.9. The zero-order valence-electron chi connectivity index (χ0n) is 16.9. The lowest BCUT2D eigenvalue weighted by atomic mass is 9.86. The number of aliphatic hydroxyl groups excluding tert-OH is 1. The normalized spacial score (nSPS) is 21.4. The lowest BCUT2D eigenvalue weighted by molar-refractivity contribution is -0.0567. The van der Waals surface area contributed by atoms with Crippen molar-refractivity contribution >= 4 is 11.6 Å². The van der Waals surface area contributed by atoms with Crippen LogP contribution < -0.4 is 15.4 Å². The van der Waals surface area contributed by atoms with Crippen molar-refractivity contribution in [1.82, 2.24) is 5.32 Å². The molecule has 0 aromatic heterocycles. The summed E-state index contributed by atoms with van der Waals surface area (Å²) in [5.41, 5.74) is 3.64. The smallest absolute Gasteiger partial charge is 0.209 e. The largest absolute Gasteiger partial charge is 0.485 e. The lowest BCUT2D eigenvalue weighted by Crippen LogP contribution is -2.49. The third kappa shape index (κ3) is 3.68. The number of fused-ring (bicyclic) bond motifs is 2. The highest BCUT2D eigenvalue weighted by atomic mass is 16.5. The molecule has 1 aliphatic heterocycles. The molecule has 4 rings (SSSR count). The molecule has 30 heavy (non-hydrogen) atoms. The van der Waals surface area contributed by atoms with Gasteiger partial charge in [0.1, 0.15) is 23.5 Å². The Morgan fingerprint density at radius 1 is 1.17 bits per heavy atom. The maximum atomic E-state index is 11.0. The van der Waals surface area contributed by atoms with Crippen molar-refractivity contribution in [3.63, 3.8) is 0 Å². The van der Waals surface area contributed by atoms with Crippen LogP contribution in [-0.4, -0.2) is 22.8 Å². The Balaban J connectivity index is 1.72. The first kappa shape index (κ1) is 19.8. The second-order valence-corrected chi connectivity index (χ2v) is 8.14. The summed E-state index contributed by atoms with van der Waals surface area (Å²) in [6.07, 6.45) is 4.21. The number of guanidine groups is 1. The number of nitriles is 2. The molecule has 1 aliphatic carbocycles. The summed E-state index contributed by atoms with van der Waals surface area (Å²) in [6, 6.07) is 12.6. The minimum Gasteiger partial charge on any atom is -0.485 e. The molecule has 0 saturated heterocycles. The van der Waals surface area contributed by atoms with Gasteiger partial charge in [0.15, 0.2) is 6.19 Å². The highest BCUT2D eigenvalue weighted by molar-refractivity contribution is 5.95. The van der Waals surface area contributed by atoms with Crippen LogP contribution in [0.3, 0.4) is 0 Å². The van der Waals surface area contributed by atoms with E-state index in [0.717, 1.165) is 24.9 Å². The minimum absolute atomic E-state index is 0.227. The highest BCUT2D eigenvalue weighted by Gasteiger charge is 2.43. The molecule has 7 nitrogen and oxygen atoms in total. The molecule has 1 heterocycles. The van der Waals surface area contributed by atoms with Gasteiger partial charge in [0.2, 0.25) is 5.96 Å². The Kier molecular flexibility index (Phi) is 5.07. The number of rotatable bonds is 2. The number of aliphatic imine (C=N–C) groups is 1. The molecular weight excluding hydrogens is 378 g/mol. The van der Waals surface area contributed by atoms with E-state index in [0.29, 0.717) is 16.9 Å². The number of hydrogen-bond donors (Lipinski definition) is 3. The molecular formula is C23H23N5O2. The number of aliphatic hydroxyl groups is 1. The second kappa shape index (κ2) is 7.70. The predicted molar refractivity (Wildman–Crippen MR) is 113 cm³/mol. The molecule has 0 saturated carbocycles. The van der Waals surface area contributed by atoms with E-state index in [1.54, 1.807) is 32.0 Å². The van der Waals surface area contributed by atoms with E-state index < -0.39 is 17.7 Å². The van der Waals surface area contributed by atoms with Crippen LogP contribution in [0.1, 0.15) is 48.6 Å². The van der Waals surface area contributed by atoms with Crippen LogP contribution in [-0.2, 0) is 12.8 Å². The fourth-order valence-corrected chi connectivity index (χ4v) is 4.05. The maximum absolute atomic E-state index is 11.0. The molecule has 0 amide bonds. The quantitative estimate of drug-likeness (QED) is 0.308. The second-order valence-electron chi connectivity index (χ2n) is 8.14. The van der Waals surface area contributed by atoms with Crippen molar-refractivity contribution in [2.45, 2.75) is 50.9 Å². The SMILES string of the molecule is CC1(C)Oc2ccc(C#N)cc2C(N=C(NC#N)Nc2ccc3c(c2)CCC3)C1O. The maximum Gasteiger partial charge on any atom is 0.209 e. The van der Waals surface area contributed by atoms with Crippen molar-refractivity contribution in [3.8, 4) is 18.0 Å². The third-order valence-corrected chi connectivity index (χ3v) is 5.65. The molecule has 0 radical (unpaired) electrons. The van der Waals surface area contributed by atoms with Crippen LogP contribution in [0.2, 0.25) is 0 Å². The van der Waals surface area contributed by atoms with E-state index in [4.69, 9.17) is 4.74 Å². The van der Waals surface area contributed by atoms with Crippen LogP contribution in [0, 0.1) is 22.8 Å². The Hall–Kier alpha value is -3.55. The van der Waals surface area contributed by atoms with Crippen LogP contribution in [0.5, 0.6) is 5.75 Å². The summed E-state index contributed by atoms with van der Waals surface area (Å²) >= 11 is 0. The number of anilines is 1. The summed E-state index contributed by atoms with van der Waals surface area (Å²) < 4.78 is 5.94. The van der Waals surface area contributed by atoms with Gasteiger partial charge in [-0.2, -0.15) is 10.5 Å². The monoisotopic (exact) mass is 401 g/mol. The lowest BCUT2D eigenvalue weighted by Gasteiger charge is -2.40. The molecule has 2 unspecified atom stereocenters. The minimum atomic E-state index is -0.976. The summed E-state index contributed by atoms with van der Waals surface area (Å²) in [5.74, 6) is 0.789. The third-order valence-electron chi connectivity index (χ3n) is 5.65. The van der Waals surface area contributed by atoms with Gasteiger partial charge < -0.3 is 15.2 Å². The summed E-state index contributed by atoms with van der Waals surface area (Å²) in [4.78, 5) is 4.64. The molecule has 2 aromatic rings. The van der Waals surface area contributed by atoms with Gasteiger partial charge in [-0.3, -0.25) is 5.32 Å². The number of ether oxygens (including phenoxy) is 1. The number of nitrogens with zero attached hydrogens (tertiary/aromatic N) is 3. The average molecular weight is 401 g/mol. The number of hydrogen-bond acceptors (Lipinski definition) is 5. The molecule has 2 aliphatic rings. The van der Waals surface area contributed by atoms with Crippen molar-refractivity contribution in [2.24, 2.45) is 4.99 Å². The fraction of sp³-hybridized carbons (Fsp3) is 0.348. The van der Waals surface area contributed by atoms with E-state index in [2.05, 4.69) is 33.8 Å².